The first-order chi connectivity index (χ1) is 12.5. The summed E-state index contributed by atoms with van der Waals surface area (Å²) in [6.45, 7) is 3.98. The predicted octanol–water partition coefficient (Wildman–Crippen LogP) is 6.06. The van der Waals surface area contributed by atoms with Crippen LogP contribution in [0.3, 0.4) is 0 Å². The van der Waals surface area contributed by atoms with Gasteiger partial charge in [0.25, 0.3) is 0 Å². The molecule has 0 radical (unpaired) electrons. The van der Waals surface area contributed by atoms with Crippen molar-refractivity contribution >= 4 is 46.3 Å². The van der Waals surface area contributed by atoms with Gasteiger partial charge < -0.3 is 15.4 Å². The lowest BCUT2D eigenvalue weighted by molar-refractivity contribution is 0.242. The van der Waals surface area contributed by atoms with Gasteiger partial charge >= 0.3 is 0 Å². The van der Waals surface area contributed by atoms with Crippen LogP contribution < -0.4 is 15.4 Å². The second kappa shape index (κ2) is 8.25. The molecule has 1 heterocycles. The fraction of sp³-hybridized carbons (Fsp3) is 0.158. The van der Waals surface area contributed by atoms with Crippen LogP contribution in [0.4, 0.5) is 23.1 Å². The number of benzene rings is 2. The number of aromatic nitrogens is 2. The van der Waals surface area contributed by atoms with Gasteiger partial charge in [0.2, 0.25) is 5.95 Å². The Morgan fingerprint density at radius 3 is 2.27 bits per heavy atom. The van der Waals surface area contributed by atoms with E-state index in [-0.39, 0.29) is 6.10 Å². The molecule has 0 aliphatic rings. The molecule has 2 aromatic carbocycles. The van der Waals surface area contributed by atoms with E-state index in [9.17, 15) is 0 Å². The highest BCUT2D eigenvalue weighted by Gasteiger charge is 2.07. The second-order valence-electron chi connectivity index (χ2n) is 5.80. The standard InChI is InChI=1S/C19H18Cl2N4O/c1-12(2)26-14-8-6-13(7-9-14)23-19-22-11-10-17(25-19)24-18-15(20)4-3-5-16(18)21/h3-12H,1-2H3,(H2,22,23,24,25). The third-order valence-corrected chi connectivity index (χ3v) is 3.98. The van der Waals surface area contributed by atoms with Gasteiger partial charge in [0.15, 0.2) is 0 Å². The molecule has 7 heteroatoms. The smallest absolute Gasteiger partial charge is 0.229 e. The SMILES string of the molecule is CC(C)Oc1ccc(Nc2nccc(Nc3c(Cl)cccc3Cl)n2)cc1. The molecule has 26 heavy (non-hydrogen) atoms. The number of nitrogens with zero attached hydrogens (tertiary/aromatic N) is 2. The van der Waals surface area contributed by atoms with Crippen molar-refractivity contribution in [1.29, 1.82) is 0 Å². The second-order valence-corrected chi connectivity index (χ2v) is 6.62. The summed E-state index contributed by atoms with van der Waals surface area (Å²) in [6.07, 6.45) is 1.79. The molecule has 3 aromatic rings. The molecular formula is C19H18Cl2N4O. The van der Waals surface area contributed by atoms with Crippen LogP contribution in [0.1, 0.15) is 13.8 Å². The van der Waals surface area contributed by atoms with Gasteiger partial charge in [0.1, 0.15) is 11.6 Å². The first-order valence-electron chi connectivity index (χ1n) is 8.09. The minimum absolute atomic E-state index is 0.136. The molecule has 0 saturated heterocycles. The van der Waals surface area contributed by atoms with Gasteiger partial charge in [0, 0.05) is 11.9 Å². The van der Waals surface area contributed by atoms with Crippen molar-refractivity contribution in [3.8, 4) is 5.75 Å². The molecule has 5 nitrogen and oxygen atoms in total. The Morgan fingerprint density at radius 2 is 1.62 bits per heavy atom. The maximum Gasteiger partial charge on any atom is 0.229 e. The highest BCUT2D eigenvalue weighted by molar-refractivity contribution is 6.39. The Balaban J connectivity index is 1.73. The van der Waals surface area contributed by atoms with Crippen molar-refractivity contribution in [3.63, 3.8) is 0 Å². The third-order valence-electron chi connectivity index (χ3n) is 3.35. The van der Waals surface area contributed by atoms with E-state index in [1.54, 1.807) is 30.5 Å². The van der Waals surface area contributed by atoms with E-state index in [1.165, 1.54) is 0 Å². The zero-order valence-electron chi connectivity index (χ0n) is 14.3. The Labute approximate surface area is 162 Å². The molecule has 0 bridgehead atoms. The number of ether oxygens (including phenoxy) is 1. The summed E-state index contributed by atoms with van der Waals surface area (Å²) in [5, 5.41) is 7.32. The van der Waals surface area contributed by atoms with Crippen LogP contribution in [0, 0.1) is 0 Å². The van der Waals surface area contributed by atoms with E-state index >= 15 is 0 Å². The summed E-state index contributed by atoms with van der Waals surface area (Å²) in [4.78, 5) is 8.67. The highest BCUT2D eigenvalue weighted by atomic mass is 35.5. The summed E-state index contributed by atoms with van der Waals surface area (Å²) in [6, 6.07) is 14.7. The van der Waals surface area contributed by atoms with Crippen molar-refractivity contribution in [3.05, 3.63) is 64.8 Å². The summed E-state index contributed by atoms with van der Waals surface area (Å²) in [5.41, 5.74) is 1.46. The average molecular weight is 389 g/mol. The van der Waals surface area contributed by atoms with E-state index in [2.05, 4.69) is 20.6 Å². The molecule has 1 aromatic heterocycles. The van der Waals surface area contributed by atoms with Crippen LogP contribution in [0.2, 0.25) is 10.0 Å². The quantitative estimate of drug-likeness (QED) is 0.537. The number of hydrogen-bond acceptors (Lipinski definition) is 5. The Bertz CT molecular complexity index is 865. The molecule has 0 aliphatic carbocycles. The first-order valence-corrected chi connectivity index (χ1v) is 8.84. The lowest BCUT2D eigenvalue weighted by Gasteiger charge is -2.12. The minimum Gasteiger partial charge on any atom is -0.491 e. The molecule has 134 valence electrons. The average Bonchev–Trinajstić information content (AvgIpc) is 2.60. The molecule has 0 amide bonds. The summed E-state index contributed by atoms with van der Waals surface area (Å²) in [7, 11) is 0. The normalized spacial score (nSPS) is 10.7. The van der Waals surface area contributed by atoms with Crippen LogP contribution in [0.5, 0.6) is 5.75 Å². The first kappa shape index (κ1) is 18.3. The van der Waals surface area contributed by atoms with Crippen molar-refractivity contribution in [2.45, 2.75) is 20.0 Å². The van der Waals surface area contributed by atoms with Crippen molar-refractivity contribution in [1.82, 2.24) is 9.97 Å². The predicted molar refractivity (Wildman–Crippen MR) is 107 cm³/mol. The van der Waals surface area contributed by atoms with Crippen LogP contribution in [-0.2, 0) is 0 Å². The topological polar surface area (TPSA) is 59.1 Å². The number of anilines is 4. The van der Waals surface area contributed by atoms with E-state index in [0.717, 1.165) is 11.4 Å². The minimum atomic E-state index is 0.136. The van der Waals surface area contributed by atoms with Gasteiger partial charge in [-0.1, -0.05) is 29.3 Å². The molecule has 0 aliphatic heterocycles. The van der Waals surface area contributed by atoms with Gasteiger partial charge in [0.05, 0.1) is 21.8 Å². The van der Waals surface area contributed by atoms with E-state index in [1.807, 2.05) is 38.1 Å². The maximum absolute atomic E-state index is 6.18. The fourth-order valence-electron chi connectivity index (χ4n) is 2.25. The van der Waals surface area contributed by atoms with Gasteiger partial charge in [-0.05, 0) is 56.3 Å². The maximum atomic E-state index is 6.18. The van der Waals surface area contributed by atoms with E-state index < -0.39 is 0 Å². The molecule has 0 atom stereocenters. The molecule has 0 spiro atoms. The summed E-state index contributed by atoms with van der Waals surface area (Å²) >= 11 is 12.4. The number of para-hydroxylation sites is 1. The molecule has 0 saturated carbocycles. The van der Waals surface area contributed by atoms with Crippen LogP contribution in [-0.4, -0.2) is 16.1 Å². The van der Waals surface area contributed by atoms with Crippen LogP contribution in [0.25, 0.3) is 0 Å². The van der Waals surface area contributed by atoms with Gasteiger partial charge in [-0.15, -0.1) is 0 Å². The fourth-order valence-corrected chi connectivity index (χ4v) is 2.74. The van der Waals surface area contributed by atoms with Gasteiger partial charge in [-0.3, -0.25) is 0 Å². The zero-order chi connectivity index (χ0) is 18.5. The third kappa shape index (κ3) is 4.77. The number of halogens is 2. The number of nitrogens with one attached hydrogen (secondary N) is 2. The summed E-state index contributed by atoms with van der Waals surface area (Å²) in [5.74, 6) is 1.85. The lowest BCUT2D eigenvalue weighted by Crippen LogP contribution is -2.05. The van der Waals surface area contributed by atoms with E-state index in [0.29, 0.717) is 27.5 Å². The van der Waals surface area contributed by atoms with Gasteiger partial charge in [-0.25, -0.2) is 4.98 Å². The monoisotopic (exact) mass is 388 g/mol. The van der Waals surface area contributed by atoms with Crippen LogP contribution in [0.15, 0.2) is 54.7 Å². The molecule has 3 rings (SSSR count). The van der Waals surface area contributed by atoms with Gasteiger partial charge in [-0.2, -0.15) is 4.98 Å². The van der Waals surface area contributed by atoms with Crippen LogP contribution >= 0.6 is 23.2 Å². The Hall–Kier alpha value is -2.50. The molecule has 0 fully saturated rings. The zero-order valence-corrected chi connectivity index (χ0v) is 15.8. The molecular weight excluding hydrogens is 371 g/mol. The Morgan fingerprint density at radius 1 is 0.923 bits per heavy atom. The molecule has 2 N–H and O–H groups in total. The lowest BCUT2D eigenvalue weighted by atomic mass is 10.3. The highest BCUT2D eigenvalue weighted by Crippen LogP contribution is 2.32. The Kier molecular flexibility index (Phi) is 5.81. The molecule has 0 unspecified atom stereocenters. The van der Waals surface area contributed by atoms with Crippen molar-refractivity contribution in [2.24, 2.45) is 0 Å². The number of rotatable bonds is 6. The largest absolute Gasteiger partial charge is 0.491 e. The van der Waals surface area contributed by atoms with Crippen molar-refractivity contribution < 1.29 is 4.74 Å². The summed E-state index contributed by atoms with van der Waals surface area (Å²) < 4.78 is 5.63. The number of hydrogen-bond donors (Lipinski definition) is 2. The van der Waals surface area contributed by atoms with E-state index in [4.69, 9.17) is 27.9 Å². The van der Waals surface area contributed by atoms with Crippen molar-refractivity contribution in [2.75, 3.05) is 10.6 Å².